The van der Waals surface area contributed by atoms with E-state index < -0.39 is 23.9 Å². The first kappa shape index (κ1) is 15.4. The number of anilines is 1. The molecule has 0 saturated heterocycles. The molecule has 0 spiro atoms. The molecular formula is C13H20N2O4. The first-order valence-electron chi connectivity index (χ1n) is 5.94. The van der Waals surface area contributed by atoms with E-state index in [1.807, 2.05) is 0 Å². The van der Waals surface area contributed by atoms with E-state index in [0.717, 1.165) is 0 Å². The maximum Gasteiger partial charge on any atom is 0.413 e. The van der Waals surface area contributed by atoms with Crippen molar-refractivity contribution in [3.63, 3.8) is 0 Å². The zero-order valence-electron chi connectivity index (χ0n) is 11.6. The van der Waals surface area contributed by atoms with Gasteiger partial charge in [0.2, 0.25) is 0 Å². The van der Waals surface area contributed by atoms with Crippen molar-refractivity contribution in [2.45, 2.75) is 38.9 Å². The molecule has 0 saturated carbocycles. The second-order valence-corrected chi connectivity index (χ2v) is 5.49. The van der Waals surface area contributed by atoms with Crippen LogP contribution in [0.5, 0.6) is 0 Å². The molecule has 3 N–H and O–H groups in total. The number of ether oxygens (including phenoxy) is 1. The zero-order valence-corrected chi connectivity index (χ0v) is 11.6. The molecule has 0 aromatic carbocycles. The van der Waals surface area contributed by atoms with Crippen LogP contribution in [0.1, 0.15) is 33.3 Å². The molecular weight excluding hydrogens is 248 g/mol. The van der Waals surface area contributed by atoms with Gasteiger partial charge < -0.3 is 14.9 Å². The Kier molecular flexibility index (Phi) is 4.49. The number of carbonyl (C=O) groups is 1. The van der Waals surface area contributed by atoms with Gasteiger partial charge in [-0.25, -0.2) is 9.78 Å². The lowest BCUT2D eigenvalue weighted by atomic mass is 9.99. The number of hydrogen-bond acceptors (Lipinski definition) is 5. The van der Waals surface area contributed by atoms with Crippen molar-refractivity contribution in [2.24, 2.45) is 0 Å². The fraction of sp³-hybridized carbons (Fsp3) is 0.538. The van der Waals surface area contributed by atoms with Gasteiger partial charge in [0.05, 0.1) is 6.61 Å². The van der Waals surface area contributed by atoms with Crippen LogP contribution < -0.4 is 5.32 Å². The van der Waals surface area contributed by atoms with E-state index in [1.165, 1.54) is 19.2 Å². The molecule has 0 aliphatic rings. The molecule has 1 amide bonds. The summed E-state index contributed by atoms with van der Waals surface area (Å²) in [6, 6.07) is 3.11. The quantitative estimate of drug-likeness (QED) is 0.775. The van der Waals surface area contributed by atoms with Gasteiger partial charge in [-0.2, -0.15) is 0 Å². The number of carbonyl (C=O) groups excluding carboxylic acids is 1. The highest BCUT2D eigenvalue weighted by molar-refractivity contribution is 5.83. The van der Waals surface area contributed by atoms with Crippen molar-refractivity contribution >= 4 is 11.9 Å². The molecule has 1 heterocycles. The SMILES string of the molecule is CC(C)(C)OC(=O)Nc1ccc([C@](C)(O)CO)cn1. The fourth-order valence-electron chi connectivity index (χ4n) is 1.29. The molecule has 1 rings (SSSR count). The number of pyridine rings is 1. The molecule has 0 radical (unpaired) electrons. The Labute approximate surface area is 112 Å². The molecule has 1 aromatic rings. The molecule has 19 heavy (non-hydrogen) atoms. The Bertz CT molecular complexity index is 435. The molecule has 0 fully saturated rings. The monoisotopic (exact) mass is 268 g/mol. The first-order chi connectivity index (χ1) is 8.64. The van der Waals surface area contributed by atoms with Gasteiger partial charge in [-0.05, 0) is 33.8 Å². The largest absolute Gasteiger partial charge is 0.444 e. The average molecular weight is 268 g/mol. The Hall–Kier alpha value is -1.66. The third-order valence-corrected chi connectivity index (χ3v) is 2.32. The van der Waals surface area contributed by atoms with Crippen LogP contribution in [-0.4, -0.2) is 33.5 Å². The van der Waals surface area contributed by atoms with Gasteiger partial charge in [-0.15, -0.1) is 0 Å². The number of nitrogens with zero attached hydrogens (tertiary/aromatic N) is 1. The molecule has 6 heteroatoms. The third-order valence-electron chi connectivity index (χ3n) is 2.32. The molecule has 6 nitrogen and oxygen atoms in total. The number of rotatable bonds is 3. The minimum Gasteiger partial charge on any atom is -0.444 e. The standard InChI is InChI=1S/C13H20N2O4/c1-12(2,3)19-11(17)15-10-6-5-9(7-14-10)13(4,18)8-16/h5-7,16,18H,8H2,1-4H3,(H,14,15,17)/t13-/m1/s1. The lowest BCUT2D eigenvalue weighted by Crippen LogP contribution is -2.28. The number of aliphatic hydroxyl groups is 2. The van der Waals surface area contributed by atoms with Crippen molar-refractivity contribution in [2.75, 3.05) is 11.9 Å². The highest BCUT2D eigenvalue weighted by Gasteiger charge is 2.22. The third kappa shape index (κ3) is 4.84. The minimum atomic E-state index is -1.35. The fourth-order valence-corrected chi connectivity index (χ4v) is 1.29. The zero-order chi connectivity index (χ0) is 14.7. The van der Waals surface area contributed by atoms with Gasteiger partial charge in [0.25, 0.3) is 0 Å². The van der Waals surface area contributed by atoms with Gasteiger partial charge in [0.1, 0.15) is 17.0 Å². The molecule has 1 atom stereocenters. The number of hydrogen-bond donors (Lipinski definition) is 3. The topological polar surface area (TPSA) is 91.7 Å². The number of aromatic nitrogens is 1. The summed E-state index contributed by atoms with van der Waals surface area (Å²) < 4.78 is 5.08. The smallest absolute Gasteiger partial charge is 0.413 e. The maximum atomic E-state index is 11.5. The Balaban J connectivity index is 2.70. The Morgan fingerprint density at radius 1 is 1.37 bits per heavy atom. The van der Waals surface area contributed by atoms with E-state index in [2.05, 4.69) is 10.3 Å². The lowest BCUT2D eigenvalue weighted by molar-refractivity contribution is -0.00252. The minimum absolute atomic E-state index is 0.312. The van der Waals surface area contributed by atoms with E-state index in [-0.39, 0.29) is 0 Å². The van der Waals surface area contributed by atoms with Crippen LogP contribution in [0.15, 0.2) is 18.3 Å². The van der Waals surface area contributed by atoms with Crippen LogP contribution in [-0.2, 0) is 10.3 Å². The van der Waals surface area contributed by atoms with Gasteiger partial charge >= 0.3 is 6.09 Å². The van der Waals surface area contributed by atoms with Crippen LogP contribution in [0, 0.1) is 0 Å². The summed E-state index contributed by atoms with van der Waals surface area (Å²) in [6.07, 6.45) is 0.796. The highest BCUT2D eigenvalue weighted by Crippen LogP contribution is 2.20. The van der Waals surface area contributed by atoms with Gasteiger partial charge in [0.15, 0.2) is 0 Å². The molecule has 0 unspecified atom stereocenters. The normalized spacial score (nSPS) is 14.6. The predicted octanol–water partition coefficient (Wildman–Crippen LogP) is 1.63. The van der Waals surface area contributed by atoms with Crippen molar-refractivity contribution in [3.05, 3.63) is 23.9 Å². The summed E-state index contributed by atoms with van der Waals surface area (Å²) in [6.45, 7) is 6.36. The first-order valence-corrected chi connectivity index (χ1v) is 5.94. The molecule has 1 aromatic heterocycles. The summed E-state index contributed by atoms with van der Waals surface area (Å²) in [5.74, 6) is 0.312. The van der Waals surface area contributed by atoms with Gasteiger partial charge in [-0.1, -0.05) is 6.07 Å². The summed E-state index contributed by atoms with van der Waals surface area (Å²) in [7, 11) is 0. The van der Waals surface area contributed by atoms with E-state index >= 15 is 0 Å². The Morgan fingerprint density at radius 2 is 2.00 bits per heavy atom. The average Bonchev–Trinajstić information content (AvgIpc) is 2.27. The predicted molar refractivity (Wildman–Crippen MR) is 70.8 cm³/mol. The Morgan fingerprint density at radius 3 is 2.42 bits per heavy atom. The number of amides is 1. The van der Waals surface area contributed by atoms with Crippen LogP contribution >= 0.6 is 0 Å². The van der Waals surface area contributed by atoms with Crippen LogP contribution in [0.2, 0.25) is 0 Å². The van der Waals surface area contributed by atoms with Crippen molar-refractivity contribution in [1.29, 1.82) is 0 Å². The molecule has 106 valence electrons. The van der Waals surface area contributed by atoms with Crippen LogP contribution in [0.3, 0.4) is 0 Å². The van der Waals surface area contributed by atoms with Crippen molar-refractivity contribution < 1.29 is 19.7 Å². The second kappa shape index (κ2) is 5.54. The van der Waals surface area contributed by atoms with E-state index in [0.29, 0.717) is 11.4 Å². The molecule has 0 aliphatic heterocycles. The number of nitrogens with one attached hydrogen (secondary N) is 1. The van der Waals surface area contributed by atoms with E-state index in [9.17, 15) is 9.90 Å². The van der Waals surface area contributed by atoms with Gasteiger partial charge in [0, 0.05) is 11.8 Å². The summed E-state index contributed by atoms with van der Waals surface area (Å²) in [4.78, 5) is 15.5. The van der Waals surface area contributed by atoms with Crippen molar-refractivity contribution in [1.82, 2.24) is 4.98 Å². The summed E-state index contributed by atoms with van der Waals surface area (Å²) >= 11 is 0. The van der Waals surface area contributed by atoms with E-state index in [1.54, 1.807) is 26.8 Å². The number of aliphatic hydroxyl groups excluding tert-OH is 1. The summed E-state index contributed by atoms with van der Waals surface area (Å²) in [5, 5.41) is 21.3. The van der Waals surface area contributed by atoms with Crippen LogP contribution in [0.25, 0.3) is 0 Å². The highest BCUT2D eigenvalue weighted by atomic mass is 16.6. The second-order valence-electron chi connectivity index (χ2n) is 5.49. The van der Waals surface area contributed by atoms with Gasteiger partial charge in [-0.3, -0.25) is 5.32 Å². The lowest BCUT2D eigenvalue weighted by Gasteiger charge is -2.21. The van der Waals surface area contributed by atoms with Crippen molar-refractivity contribution in [3.8, 4) is 0 Å². The molecule has 0 aliphatic carbocycles. The maximum absolute atomic E-state index is 11.5. The van der Waals surface area contributed by atoms with Crippen LogP contribution in [0.4, 0.5) is 10.6 Å². The summed E-state index contributed by atoms with van der Waals surface area (Å²) in [5.41, 5.74) is -1.47. The molecule has 0 bridgehead atoms. The van der Waals surface area contributed by atoms with E-state index in [4.69, 9.17) is 9.84 Å².